The largest absolute Gasteiger partial charge is 0.395 e. The van der Waals surface area contributed by atoms with Gasteiger partial charge in [0, 0.05) is 16.2 Å². The van der Waals surface area contributed by atoms with Crippen molar-refractivity contribution >= 4 is 28.5 Å². The van der Waals surface area contributed by atoms with Crippen LogP contribution in [0, 0.1) is 10.5 Å². The number of halogens is 1. The van der Waals surface area contributed by atoms with Crippen molar-refractivity contribution in [1.29, 1.82) is 0 Å². The van der Waals surface area contributed by atoms with Crippen molar-refractivity contribution in [3.05, 3.63) is 32.9 Å². The van der Waals surface area contributed by atoms with Gasteiger partial charge in [0.1, 0.15) is 0 Å². The summed E-state index contributed by atoms with van der Waals surface area (Å²) in [6.45, 7) is 2.48. The van der Waals surface area contributed by atoms with Crippen LogP contribution in [0.3, 0.4) is 0 Å². The molecule has 0 aromatic heterocycles. The minimum atomic E-state index is 0.0324. The van der Waals surface area contributed by atoms with Gasteiger partial charge in [-0.15, -0.1) is 0 Å². The molecule has 0 heterocycles. The second kappa shape index (κ2) is 5.35. The van der Waals surface area contributed by atoms with Crippen LogP contribution >= 0.6 is 22.6 Å². The average molecular weight is 345 g/mol. The lowest BCUT2D eigenvalue weighted by atomic mass is 10.1. The Balaban J connectivity index is 2.25. The molecule has 0 bridgehead atoms. The molecule has 1 N–H and O–H groups in total. The first kappa shape index (κ1) is 12.8. The van der Waals surface area contributed by atoms with Crippen LogP contribution in [0.5, 0.6) is 0 Å². The van der Waals surface area contributed by atoms with Crippen LogP contribution in [0.2, 0.25) is 0 Å². The molecule has 3 nitrogen and oxygen atoms in total. The smallest absolute Gasteiger partial charge is 0.255 e. The Morgan fingerprint density at radius 3 is 2.82 bits per heavy atom. The summed E-state index contributed by atoms with van der Waals surface area (Å²) >= 11 is 2.22. The van der Waals surface area contributed by atoms with E-state index in [1.165, 1.54) is 0 Å². The zero-order valence-corrected chi connectivity index (χ0v) is 12.0. The molecular formula is C13H16INO2. The monoisotopic (exact) mass is 345 g/mol. The van der Waals surface area contributed by atoms with Crippen LogP contribution < -0.4 is 0 Å². The maximum absolute atomic E-state index is 12.4. The predicted molar refractivity (Wildman–Crippen MR) is 75.0 cm³/mol. The lowest BCUT2D eigenvalue weighted by Crippen LogP contribution is -2.36. The van der Waals surface area contributed by atoms with E-state index >= 15 is 0 Å². The molecule has 1 fully saturated rings. The number of carbonyl (C=O) groups is 1. The molecule has 4 heteroatoms. The van der Waals surface area contributed by atoms with Gasteiger partial charge < -0.3 is 10.0 Å². The van der Waals surface area contributed by atoms with E-state index in [1.807, 2.05) is 25.1 Å². The molecule has 1 aromatic carbocycles. The second-order valence-corrected chi connectivity index (χ2v) is 5.47. The Labute approximate surface area is 115 Å². The molecule has 0 saturated heterocycles. The highest BCUT2D eigenvalue weighted by molar-refractivity contribution is 14.1. The lowest BCUT2D eigenvalue weighted by Gasteiger charge is -2.22. The van der Waals surface area contributed by atoms with Gasteiger partial charge in [-0.2, -0.15) is 0 Å². The van der Waals surface area contributed by atoms with E-state index in [4.69, 9.17) is 5.11 Å². The molecule has 1 amide bonds. The molecule has 1 aliphatic rings. The molecule has 1 saturated carbocycles. The molecule has 1 aromatic rings. The molecule has 2 rings (SSSR count). The lowest BCUT2D eigenvalue weighted by molar-refractivity contribution is 0.0706. The first-order valence-corrected chi connectivity index (χ1v) is 6.90. The van der Waals surface area contributed by atoms with E-state index in [1.54, 1.807) is 4.90 Å². The Hall–Kier alpha value is -0.620. The molecule has 0 atom stereocenters. The molecule has 17 heavy (non-hydrogen) atoms. The number of aryl methyl sites for hydroxylation is 1. The fraction of sp³-hybridized carbons (Fsp3) is 0.462. The first-order chi connectivity index (χ1) is 8.15. The Morgan fingerprint density at radius 2 is 2.24 bits per heavy atom. The quantitative estimate of drug-likeness (QED) is 0.850. The second-order valence-electron chi connectivity index (χ2n) is 4.39. The third-order valence-electron chi connectivity index (χ3n) is 3.01. The van der Waals surface area contributed by atoms with E-state index < -0.39 is 0 Å². The topological polar surface area (TPSA) is 40.5 Å². The highest BCUT2D eigenvalue weighted by atomic mass is 127. The fourth-order valence-electron chi connectivity index (χ4n) is 1.91. The van der Waals surface area contributed by atoms with E-state index in [2.05, 4.69) is 22.6 Å². The fourth-order valence-corrected chi connectivity index (χ4v) is 2.50. The number of amides is 1. The van der Waals surface area contributed by atoms with Gasteiger partial charge in [-0.3, -0.25) is 4.79 Å². The van der Waals surface area contributed by atoms with E-state index in [0.717, 1.165) is 27.5 Å². The van der Waals surface area contributed by atoms with Gasteiger partial charge >= 0.3 is 0 Å². The molecule has 0 unspecified atom stereocenters. The summed E-state index contributed by atoms with van der Waals surface area (Å²) in [4.78, 5) is 14.2. The highest BCUT2D eigenvalue weighted by Crippen LogP contribution is 2.29. The first-order valence-electron chi connectivity index (χ1n) is 5.82. The minimum absolute atomic E-state index is 0.0324. The summed E-state index contributed by atoms with van der Waals surface area (Å²) in [5, 5.41) is 9.04. The van der Waals surface area contributed by atoms with Crippen LogP contribution in [0.1, 0.15) is 28.8 Å². The maximum Gasteiger partial charge on any atom is 0.255 e. The van der Waals surface area contributed by atoms with E-state index in [9.17, 15) is 4.79 Å². The summed E-state index contributed by atoms with van der Waals surface area (Å²) in [7, 11) is 0. The van der Waals surface area contributed by atoms with Gasteiger partial charge in [0.25, 0.3) is 5.91 Å². The van der Waals surface area contributed by atoms with Gasteiger partial charge in [0.15, 0.2) is 0 Å². The molecule has 1 aliphatic carbocycles. The normalized spacial score (nSPS) is 14.8. The van der Waals surface area contributed by atoms with E-state index in [-0.39, 0.29) is 12.5 Å². The standard InChI is InChI=1S/C13H16INO2/c1-9-3-2-4-11(12(9)14)13(17)15(7-8-16)10-5-6-10/h2-4,10,16H,5-8H2,1H3. The van der Waals surface area contributed by atoms with Crippen molar-refractivity contribution < 1.29 is 9.90 Å². The van der Waals surface area contributed by atoms with Gasteiger partial charge in [-0.25, -0.2) is 0 Å². The van der Waals surface area contributed by atoms with Crippen LogP contribution in [0.4, 0.5) is 0 Å². The third kappa shape index (κ3) is 2.80. The van der Waals surface area contributed by atoms with Crippen molar-refractivity contribution in [2.75, 3.05) is 13.2 Å². The number of rotatable bonds is 4. The van der Waals surface area contributed by atoms with Crippen molar-refractivity contribution in [3.8, 4) is 0 Å². The van der Waals surface area contributed by atoms with Gasteiger partial charge in [0.05, 0.1) is 12.2 Å². The van der Waals surface area contributed by atoms with E-state index in [0.29, 0.717) is 12.6 Å². The van der Waals surface area contributed by atoms with Crippen LogP contribution in [0.15, 0.2) is 18.2 Å². The summed E-state index contributed by atoms with van der Waals surface area (Å²) in [5.41, 5.74) is 1.88. The average Bonchev–Trinajstić information content (AvgIpc) is 3.13. The molecular weight excluding hydrogens is 329 g/mol. The molecule has 92 valence electrons. The Morgan fingerprint density at radius 1 is 1.53 bits per heavy atom. The number of nitrogens with zero attached hydrogens (tertiary/aromatic N) is 1. The number of carbonyl (C=O) groups excluding carboxylic acids is 1. The van der Waals surface area contributed by atoms with Crippen molar-refractivity contribution in [1.82, 2.24) is 4.90 Å². The summed E-state index contributed by atoms with van der Waals surface area (Å²) in [5.74, 6) is 0.0506. The van der Waals surface area contributed by atoms with Gasteiger partial charge in [-0.05, 0) is 54.0 Å². The summed E-state index contributed by atoms with van der Waals surface area (Å²) < 4.78 is 1.01. The van der Waals surface area contributed by atoms with Crippen LogP contribution in [-0.2, 0) is 0 Å². The Bertz CT molecular complexity index is 429. The minimum Gasteiger partial charge on any atom is -0.395 e. The van der Waals surface area contributed by atoms with Crippen molar-refractivity contribution in [2.24, 2.45) is 0 Å². The summed E-state index contributed by atoms with van der Waals surface area (Å²) in [6.07, 6.45) is 2.13. The number of hydrogen-bond donors (Lipinski definition) is 1. The number of aliphatic hydroxyl groups excluding tert-OH is 1. The number of hydrogen-bond acceptors (Lipinski definition) is 2. The van der Waals surface area contributed by atoms with Crippen molar-refractivity contribution in [3.63, 3.8) is 0 Å². The summed E-state index contributed by atoms with van der Waals surface area (Å²) in [6, 6.07) is 6.12. The molecule has 0 radical (unpaired) electrons. The van der Waals surface area contributed by atoms with Gasteiger partial charge in [-0.1, -0.05) is 12.1 Å². The van der Waals surface area contributed by atoms with Crippen LogP contribution in [0.25, 0.3) is 0 Å². The molecule has 0 aliphatic heterocycles. The number of aliphatic hydroxyl groups is 1. The number of benzene rings is 1. The SMILES string of the molecule is Cc1cccc(C(=O)N(CCO)C2CC2)c1I. The predicted octanol–water partition coefficient (Wildman–Crippen LogP) is 2.20. The third-order valence-corrected chi connectivity index (χ3v) is 4.44. The van der Waals surface area contributed by atoms with Crippen LogP contribution in [-0.4, -0.2) is 35.1 Å². The molecule has 0 spiro atoms. The highest BCUT2D eigenvalue weighted by Gasteiger charge is 2.33. The zero-order valence-electron chi connectivity index (χ0n) is 9.82. The Kier molecular flexibility index (Phi) is 4.04. The zero-order chi connectivity index (χ0) is 12.4. The van der Waals surface area contributed by atoms with Crippen molar-refractivity contribution in [2.45, 2.75) is 25.8 Å². The maximum atomic E-state index is 12.4. The van der Waals surface area contributed by atoms with Gasteiger partial charge in [0.2, 0.25) is 0 Å².